The summed E-state index contributed by atoms with van der Waals surface area (Å²) in [6.45, 7) is 2.31. The topological polar surface area (TPSA) is 97.4 Å². The summed E-state index contributed by atoms with van der Waals surface area (Å²) in [6, 6.07) is 8.33. The van der Waals surface area contributed by atoms with Crippen LogP contribution in [0.25, 0.3) is 10.6 Å². The van der Waals surface area contributed by atoms with Gasteiger partial charge in [0, 0.05) is 21.9 Å². The van der Waals surface area contributed by atoms with E-state index >= 15 is 0 Å². The molecular weight excluding hydrogens is 442 g/mol. The zero-order valence-electron chi connectivity index (χ0n) is 16.5. The first-order valence-electron chi connectivity index (χ1n) is 9.35. The molecule has 1 aliphatic carbocycles. The van der Waals surface area contributed by atoms with Crippen LogP contribution >= 0.6 is 22.7 Å². The Labute approximate surface area is 183 Å². The van der Waals surface area contributed by atoms with Crippen LogP contribution in [-0.2, 0) is 16.6 Å². The molecule has 30 heavy (non-hydrogen) atoms. The zero-order chi connectivity index (χ0) is 21.3. The molecule has 0 spiro atoms. The number of carbonyl (C=O) groups is 1. The summed E-state index contributed by atoms with van der Waals surface area (Å²) in [5.74, 6) is -0.138. The van der Waals surface area contributed by atoms with Gasteiger partial charge in [-0.1, -0.05) is 0 Å². The van der Waals surface area contributed by atoms with Gasteiger partial charge >= 0.3 is 0 Å². The summed E-state index contributed by atoms with van der Waals surface area (Å²) in [7, 11) is -2.34. The van der Waals surface area contributed by atoms with Gasteiger partial charge in [-0.3, -0.25) is 4.79 Å². The van der Waals surface area contributed by atoms with Gasteiger partial charge in [-0.05, 0) is 50.1 Å². The van der Waals surface area contributed by atoms with E-state index in [1.54, 1.807) is 28.7 Å². The van der Waals surface area contributed by atoms with Crippen LogP contribution in [0.15, 0.2) is 40.6 Å². The van der Waals surface area contributed by atoms with Crippen molar-refractivity contribution in [1.82, 2.24) is 15.0 Å². The normalized spacial score (nSPS) is 13.9. The second-order valence-corrected chi connectivity index (χ2v) is 10.9. The van der Waals surface area contributed by atoms with Crippen molar-refractivity contribution in [2.24, 2.45) is 0 Å². The molecule has 1 amide bonds. The molecule has 10 heteroatoms. The maximum atomic E-state index is 12.6. The Morgan fingerprint density at radius 3 is 2.73 bits per heavy atom. The van der Waals surface area contributed by atoms with E-state index in [9.17, 15) is 13.2 Å². The highest BCUT2D eigenvalue weighted by atomic mass is 32.2. The van der Waals surface area contributed by atoms with Gasteiger partial charge in [-0.15, -0.1) is 22.7 Å². The van der Waals surface area contributed by atoms with Gasteiger partial charge in [-0.2, -0.15) is 0 Å². The molecule has 1 aliphatic rings. The van der Waals surface area contributed by atoms with Crippen molar-refractivity contribution in [3.63, 3.8) is 0 Å². The Kier molecular flexibility index (Phi) is 5.92. The van der Waals surface area contributed by atoms with E-state index in [1.807, 2.05) is 24.4 Å². The number of methoxy groups -OCH3 is 1. The average Bonchev–Trinajstić information content (AvgIpc) is 3.22. The number of hydrogen-bond donors (Lipinski definition) is 2. The molecular formula is C20H21N3O4S3. The van der Waals surface area contributed by atoms with E-state index in [0.29, 0.717) is 6.54 Å². The molecule has 1 fully saturated rings. The minimum Gasteiger partial charge on any atom is -0.495 e. The maximum Gasteiger partial charge on any atom is 0.251 e. The molecule has 158 valence electrons. The number of thiophene rings is 1. The third-order valence-electron chi connectivity index (χ3n) is 4.57. The molecule has 0 saturated heterocycles. The number of amides is 1. The molecule has 2 heterocycles. The number of sulfonamides is 1. The molecule has 7 nitrogen and oxygen atoms in total. The predicted octanol–water partition coefficient (Wildman–Crippen LogP) is 3.56. The molecule has 3 aromatic rings. The number of nitrogens with one attached hydrogen (secondary N) is 2. The number of benzene rings is 1. The van der Waals surface area contributed by atoms with Crippen molar-refractivity contribution >= 4 is 38.6 Å². The quantitative estimate of drug-likeness (QED) is 0.532. The van der Waals surface area contributed by atoms with Gasteiger partial charge in [0.15, 0.2) is 0 Å². The zero-order valence-corrected chi connectivity index (χ0v) is 18.9. The van der Waals surface area contributed by atoms with Crippen LogP contribution in [0.4, 0.5) is 0 Å². The first-order chi connectivity index (χ1) is 14.4. The van der Waals surface area contributed by atoms with Crippen molar-refractivity contribution in [2.45, 2.75) is 37.2 Å². The summed E-state index contributed by atoms with van der Waals surface area (Å²) in [5, 5.41) is 5.87. The number of rotatable bonds is 8. The van der Waals surface area contributed by atoms with Crippen LogP contribution in [0, 0.1) is 6.92 Å². The molecule has 1 saturated carbocycles. The predicted molar refractivity (Wildman–Crippen MR) is 118 cm³/mol. The number of ether oxygens (including phenoxy) is 1. The number of hydrogen-bond acceptors (Lipinski definition) is 7. The first-order valence-corrected chi connectivity index (χ1v) is 12.5. The fraction of sp³-hybridized carbons (Fsp3) is 0.300. The summed E-state index contributed by atoms with van der Waals surface area (Å²) in [4.78, 5) is 19.1. The molecule has 0 radical (unpaired) electrons. The molecule has 2 N–H and O–H groups in total. The number of thiazole rings is 1. The van der Waals surface area contributed by atoms with Crippen LogP contribution in [0.5, 0.6) is 5.75 Å². The molecule has 4 rings (SSSR count). The van der Waals surface area contributed by atoms with Crippen LogP contribution < -0.4 is 14.8 Å². The largest absolute Gasteiger partial charge is 0.495 e. The highest BCUT2D eigenvalue weighted by molar-refractivity contribution is 7.89. The lowest BCUT2D eigenvalue weighted by molar-refractivity contribution is 0.0951. The first kappa shape index (κ1) is 21.0. The third-order valence-corrected chi connectivity index (χ3v) is 7.99. The van der Waals surface area contributed by atoms with Gasteiger partial charge in [0.1, 0.15) is 10.6 Å². The summed E-state index contributed by atoms with van der Waals surface area (Å²) in [6.07, 6.45) is 1.65. The fourth-order valence-corrected chi connectivity index (χ4v) is 5.96. The lowest BCUT2D eigenvalue weighted by Crippen LogP contribution is -2.27. The highest BCUT2D eigenvalue weighted by Crippen LogP contribution is 2.30. The Bertz CT molecular complexity index is 1180. The average molecular weight is 464 g/mol. The Morgan fingerprint density at radius 1 is 1.27 bits per heavy atom. The maximum absolute atomic E-state index is 12.6. The summed E-state index contributed by atoms with van der Waals surface area (Å²) in [5.41, 5.74) is 1.20. The molecule has 1 aromatic carbocycles. The van der Waals surface area contributed by atoms with Crippen molar-refractivity contribution in [3.8, 4) is 16.3 Å². The molecule has 2 aromatic heterocycles. The van der Waals surface area contributed by atoms with Gasteiger partial charge in [0.25, 0.3) is 5.91 Å². The van der Waals surface area contributed by atoms with Crippen molar-refractivity contribution in [3.05, 3.63) is 51.2 Å². The van der Waals surface area contributed by atoms with E-state index < -0.39 is 10.0 Å². The Hall–Kier alpha value is -2.27. The second-order valence-electron chi connectivity index (χ2n) is 6.96. The van der Waals surface area contributed by atoms with Crippen LogP contribution in [-0.4, -0.2) is 32.5 Å². The van der Waals surface area contributed by atoms with Crippen molar-refractivity contribution in [1.29, 1.82) is 0 Å². The van der Waals surface area contributed by atoms with Gasteiger partial charge in [-0.25, -0.2) is 18.1 Å². The number of aromatic nitrogens is 1. The van der Waals surface area contributed by atoms with E-state index in [2.05, 4.69) is 15.0 Å². The SMILES string of the molecule is COc1ccc(C(=O)NCc2ccc(-c3csc(C)n3)s2)cc1S(=O)(=O)NC1CC1. The van der Waals surface area contributed by atoms with Crippen molar-refractivity contribution < 1.29 is 17.9 Å². The van der Waals surface area contributed by atoms with Crippen LogP contribution in [0.2, 0.25) is 0 Å². The van der Waals surface area contributed by atoms with Gasteiger partial charge in [0.05, 0.1) is 29.2 Å². The standard InChI is InChI=1S/C20H21N3O4S3/c1-12-22-16(11-28-12)18-8-6-15(29-18)10-21-20(24)13-3-7-17(27-2)19(9-13)30(25,26)23-14-4-5-14/h3,6-9,11,14,23H,4-5,10H2,1-2H3,(H,21,24). The summed E-state index contributed by atoms with van der Waals surface area (Å²) < 4.78 is 33.1. The van der Waals surface area contributed by atoms with Gasteiger partial charge < -0.3 is 10.1 Å². The van der Waals surface area contributed by atoms with Crippen LogP contribution in [0.3, 0.4) is 0 Å². The Balaban J connectivity index is 1.47. The minimum absolute atomic E-state index is 0.0261. The number of nitrogens with zero attached hydrogens (tertiary/aromatic N) is 1. The molecule has 0 bridgehead atoms. The fourth-order valence-electron chi connectivity index (χ4n) is 2.87. The Morgan fingerprint density at radius 2 is 2.07 bits per heavy atom. The lowest BCUT2D eigenvalue weighted by atomic mass is 10.2. The van der Waals surface area contributed by atoms with Crippen LogP contribution in [0.1, 0.15) is 33.1 Å². The second kappa shape index (κ2) is 8.46. The van der Waals surface area contributed by atoms with E-state index in [4.69, 9.17) is 4.74 Å². The molecule has 0 atom stereocenters. The number of carbonyl (C=O) groups excluding carboxylic acids is 1. The monoisotopic (exact) mass is 463 g/mol. The van der Waals surface area contributed by atoms with E-state index in [1.165, 1.54) is 19.2 Å². The van der Waals surface area contributed by atoms with E-state index in [-0.39, 0.29) is 28.2 Å². The third kappa shape index (κ3) is 4.72. The van der Waals surface area contributed by atoms with E-state index in [0.717, 1.165) is 33.3 Å². The summed E-state index contributed by atoms with van der Waals surface area (Å²) >= 11 is 3.17. The highest BCUT2D eigenvalue weighted by Gasteiger charge is 2.30. The number of aryl methyl sites for hydroxylation is 1. The van der Waals surface area contributed by atoms with Crippen molar-refractivity contribution in [2.75, 3.05) is 7.11 Å². The molecule has 0 aliphatic heterocycles. The smallest absolute Gasteiger partial charge is 0.251 e. The minimum atomic E-state index is -3.75. The molecule has 0 unspecified atom stereocenters. The van der Waals surface area contributed by atoms with Gasteiger partial charge in [0.2, 0.25) is 10.0 Å². The lowest BCUT2D eigenvalue weighted by Gasteiger charge is -2.12.